The van der Waals surface area contributed by atoms with Crippen molar-refractivity contribution in [1.82, 2.24) is 15.2 Å². The average molecular weight is 358 g/mol. The van der Waals surface area contributed by atoms with Gasteiger partial charge >= 0.3 is 24.1 Å². The van der Waals surface area contributed by atoms with Gasteiger partial charge in [-0.1, -0.05) is 0 Å². The van der Waals surface area contributed by atoms with Gasteiger partial charge in [0.15, 0.2) is 0 Å². The van der Waals surface area contributed by atoms with Crippen LogP contribution < -0.4 is 11.1 Å². The smallest absolute Gasteiger partial charge is 0.443 e. The minimum absolute atomic E-state index is 0.0881. The molecule has 0 aliphatic carbocycles. The van der Waals surface area contributed by atoms with Crippen molar-refractivity contribution in [3.63, 3.8) is 0 Å². The van der Waals surface area contributed by atoms with E-state index in [-0.39, 0.29) is 12.4 Å². The lowest BCUT2D eigenvalue weighted by Gasteiger charge is -2.23. The normalized spacial score (nSPS) is 18.7. The lowest BCUT2D eigenvalue weighted by atomic mass is 10.1. The number of hydrogen-bond donors (Lipinski definition) is 3. The first-order chi connectivity index (χ1) is 11.5. The first kappa shape index (κ1) is 18.3. The van der Waals surface area contributed by atoms with Crippen LogP contribution in [0.3, 0.4) is 0 Å². The summed E-state index contributed by atoms with van der Waals surface area (Å²) in [5, 5.41) is 12.9. The van der Waals surface area contributed by atoms with E-state index in [4.69, 9.17) is 10.2 Å². The monoisotopic (exact) mass is 358 g/mol. The predicted octanol–water partition coefficient (Wildman–Crippen LogP) is 0.176. The summed E-state index contributed by atoms with van der Waals surface area (Å²) in [7, 11) is 0. The van der Waals surface area contributed by atoms with Gasteiger partial charge < -0.3 is 25.3 Å². The summed E-state index contributed by atoms with van der Waals surface area (Å²) >= 11 is 0. The third-order valence-electron chi connectivity index (χ3n) is 2.96. The average Bonchev–Trinajstić information content (AvgIpc) is 3.08. The molecule has 1 aliphatic rings. The van der Waals surface area contributed by atoms with Crippen LogP contribution in [0.25, 0.3) is 0 Å². The van der Waals surface area contributed by atoms with E-state index in [1.165, 1.54) is 6.20 Å². The molecule has 1 aliphatic heterocycles. The topological polar surface area (TPSA) is 166 Å². The van der Waals surface area contributed by atoms with Crippen molar-refractivity contribution in [3.8, 4) is 0 Å². The Morgan fingerprint density at radius 3 is 2.60 bits per heavy atom. The number of aromatic nitrogens is 1. The zero-order chi connectivity index (χ0) is 18.8. The van der Waals surface area contributed by atoms with Crippen LogP contribution in [0.15, 0.2) is 16.9 Å². The number of hydrogen-bond acceptors (Lipinski definition) is 9. The third kappa shape index (κ3) is 4.50. The van der Waals surface area contributed by atoms with E-state index in [9.17, 15) is 19.5 Å². The van der Waals surface area contributed by atoms with Crippen molar-refractivity contribution >= 4 is 18.3 Å². The number of nitrogens with one attached hydrogen (secondary N) is 1. The highest BCUT2D eigenvalue weighted by Crippen LogP contribution is 2.37. The Kier molecular flexibility index (Phi) is 4.74. The van der Waals surface area contributed by atoms with Crippen molar-refractivity contribution in [3.05, 3.63) is 18.4 Å². The van der Waals surface area contributed by atoms with Gasteiger partial charge in [-0.3, -0.25) is 4.90 Å². The molecule has 12 heteroatoms. The lowest BCUT2D eigenvalue weighted by Crippen LogP contribution is -2.43. The van der Waals surface area contributed by atoms with Gasteiger partial charge in [0, 0.05) is 5.54 Å². The fourth-order valence-corrected chi connectivity index (χ4v) is 1.93. The SMILES string of the molecule is CC(C)(C)NC(=O)OOC(=O)N1C[C@H]1[C@](O)(OC(N)=O)c1ncco1. The van der Waals surface area contributed by atoms with Crippen LogP contribution in [0.5, 0.6) is 0 Å². The van der Waals surface area contributed by atoms with E-state index in [1.807, 2.05) is 0 Å². The number of nitrogens with zero attached hydrogens (tertiary/aromatic N) is 2. The van der Waals surface area contributed by atoms with E-state index in [2.05, 4.69) is 24.8 Å². The van der Waals surface area contributed by atoms with Gasteiger partial charge in [0.1, 0.15) is 12.3 Å². The van der Waals surface area contributed by atoms with Crippen molar-refractivity contribution in [1.29, 1.82) is 0 Å². The minimum atomic E-state index is -2.40. The quantitative estimate of drug-likeness (QED) is 0.295. The largest absolute Gasteiger partial charge is 0.453 e. The number of oxazole rings is 1. The van der Waals surface area contributed by atoms with E-state index >= 15 is 0 Å². The zero-order valence-electron chi connectivity index (χ0n) is 13.7. The second kappa shape index (κ2) is 6.47. The van der Waals surface area contributed by atoms with Crippen molar-refractivity contribution in [2.45, 2.75) is 38.1 Å². The Morgan fingerprint density at radius 2 is 2.08 bits per heavy atom. The van der Waals surface area contributed by atoms with Gasteiger partial charge in [-0.25, -0.2) is 29.1 Å². The fraction of sp³-hybridized carbons (Fsp3) is 0.538. The summed E-state index contributed by atoms with van der Waals surface area (Å²) in [4.78, 5) is 47.6. The van der Waals surface area contributed by atoms with Crippen LogP contribution in [-0.2, 0) is 20.3 Å². The van der Waals surface area contributed by atoms with Gasteiger partial charge in [-0.2, -0.15) is 0 Å². The molecule has 2 heterocycles. The molecule has 0 aromatic carbocycles. The van der Waals surface area contributed by atoms with Crippen molar-refractivity contribution < 1.29 is 38.4 Å². The second-order valence-corrected chi connectivity index (χ2v) is 6.22. The van der Waals surface area contributed by atoms with Gasteiger partial charge in [0.25, 0.3) is 5.89 Å². The number of rotatable bonds is 3. The summed E-state index contributed by atoms with van der Waals surface area (Å²) in [6.07, 6.45) is -1.03. The maximum atomic E-state index is 11.9. The number of nitrogens with two attached hydrogens (primary N) is 1. The fourth-order valence-electron chi connectivity index (χ4n) is 1.93. The Balaban J connectivity index is 1.96. The Labute approximate surface area is 141 Å². The summed E-state index contributed by atoms with van der Waals surface area (Å²) in [6.45, 7) is 5.02. The molecular formula is C13H18N4O8. The molecule has 0 spiro atoms. The number of aliphatic hydroxyl groups is 1. The molecule has 0 radical (unpaired) electrons. The van der Waals surface area contributed by atoms with Crippen LogP contribution in [-0.4, -0.2) is 51.4 Å². The predicted molar refractivity (Wildman–Crippen MR) is 77.4 cm³/mol. The standard InChI is InChI=1S/C13H18N4O8/c1-12(2,3)16-10(19)24-25-11(20)17-6-7(17)13(21,23-9(14)18)8-15-4-5-22-8/h4-5,7,21H,6H2,1-3H3,(H2,14,18)(H,16,19)/t7-,13-,17?/m0/s1. The molecule has 0 unspecified atom stereocenters. The second-order valence-electron chi connectivity index (χ2n) is 6.22. The first-order valence-electron chi connectivity index (χ1n) is 7.11. The van der Waals surface area contributed by atoms with Crippen molar-refractivity contribution in [2.24, 2.45) is 5.73 Å². The zero-order valence-corrected chi connectivity index (χ0v) is 13.7. The summed E-state index contributed by atoms with van der Waals surface area (Å²) < 4.78 is 9.56. The lowest BCUT2D eigenvalue weighted by molar-refractivity contribution is -0.201. The number of carbonyl (C=O) groups is 3. The molecule has 12 nitrogen and oxygen atoms in total. The van der Waals surface area contributed by atoms with Crippen LogP contribution in [0.2, 0.25) is 0 Å². The molecule has 2 atom stereocenters. The molecule has 0 saturated carbocycles. The maximum Gasteiger partial charge on any atom is 0.453 e. The summed E-state index contributed by atoms with van der Waals surface area (Å²) in [5.74, 6) is -2.78. The van der Waals surface area contributed by atoms with Gasteiger partial charge in [0.2, 0.25) is 0 Å². The van der Waals surface area contributed by atoms with E-state index < -0.39 is 35.6 Å². The van der Waals surface area contributed by atoms with Gasteiger partial charge in [-0.05, 0) is 20.8 Å². The number of ether oxygens (including phenoxy) is 1. The third-order valence-corrected chi connectivity index (χ3v) is 2.96. The molecule has 0 bridgehead atoms. The van der Waals surface area contributed by atoms with Crippen LogP contribution in [0, 0.1) is 0 Å². The molecule has 1 aromatic heterocycles. The molecule has 1 saturated heterocycles. The Morgan fingerprint density at radius 1 is 1.40 bits per heavy atom. The van der Waals surface area contributed by atoms with Gasteiger partial charge in [0.05, 0.1) is 12.7 Å². The summed E-state index contributed by atoms with van der Waals surface area (Å²) in [6, 6.07) is -1.08. The Bertz CT molecular complexity index is 655. The van der Waals surface area contributed by atoms with Crippen LogP contribution in [0.1, 0.15) is 26.7 Å². The molecule has 1 fully saturated rings. The number of amides is 3. The molecule has 1 aromatic rings. The highest BCUT2D eigenvalue weighted by molar-refractivity contribution is 5.73. The van der Waals surface area contributed by atoms with Crippen molar-refractivity contribution in [2.75, 3.05) is 6.54 Å². The molecule has 3 amide bonds. The molecular weight excluding hydrogens is 340 g/mol. The minimum Gasteiger partial charge on any atom is -0.443 e. The number of primary amides is 1. The van der Waals surface area contributed by atoms with E-state index in [0.29, 0.717) is 0 Å². The Hall–Kier alpha value is -3.02. The van der Waals surface area contributed by atoms with E-state index in [1.54, 1.807) is 20.8 Å². The number of carbonyl (C=O) groups excluding carboxylic acids is 3. The first-order valence-corrected chi connectivity index (χ1v) is 7.11. The highest BCUT2D eigenvalue weighted by atomic mass is 17.2. The van der Waals surface area contributed by atoms with Crippen LogP contribution >= 0.6 is 0 Å². The maximum absolute atomic E-state index is 11.9. The highest BCUT2D eigenvalue weighted by Gasteiger charge is 2.61. The van der Waals surface area contributed by atoms with E-state index in [0.717, 1.165) is 11.2 Å². The molecule has 2 rings (SSSR count). The van der Waals surface area contributed by atoms with Gasteiger partial charge in [-0.15, -0.1) is 0 Å². The molecule has 138 valence electrons. The molecule has 4 N–H and O–H groups in total. The molecule has 25 heavy (non-hydrogen) atoms. The summed E-state index contributed by atoms with van der Waals surface area (Å²) in [5.41, 5.74) is 4.34. The van der Waals surface area contributed by atoms with Crippen LogP contribution in [0.4, 0.5) is 14.4 Å².